The average Bonchev–Trinajstić information content (AvgIpc) is 3.22. The van der Waals surface area contributed by atoms with Crippen LogP contribution in [0.1, 0.15) is 61.9 Å². The maximum Gasteiger partial charge on any atom is 0.326 e. The molecule has 9 nitrogen and oxygen atoms in total. The van der Waals surface area contributed by atoms with Crippen molar-refractivity contribution in [1.29, 1.82) is 0 Å². The molecule has 0 saturated carbocycles. The van der Waals surface area contributed by atoms with Gasteiger partial charge in [-0.1, -0.05) is 60.1 Å². The van der Waals surface area contributed by atoms with Gasteiger partial charge in [0.25, 0.3) is 11.8 Å². The number of nitrogens with zero attached hydrogens (tertiary/aromatic N) is 1. The first-order valence-corrected chi connectivity index (χ1v) is 15.8. The zero-order valence-electron chi connectivity index (χ0n) is 26.3. The van der Waals surface area contributed by atoms with Crippen LogP contribution in [0.5, 0.6) is 0 Å². The van der Waals surface area contributed by atoms with Crippen molar-refractivity contribution in [2.24, 2.45) is 5.73 Å². The van der Waals surface area contributed by atoms with Crippen molar-refractivity contribution in [3.05, 3.63) is 129 Å². The largest absolute Gasteiger partial charge is 0.456 e. The van der Waals surface area contributed by atoms with Crippen molar-refractivity contribution in [2.75, 3.05) is 23.3 Å². The summed E-state index contributed by atoms with van der Waals surface area (Å²) in [6.07, 6.45) is 0.662. The van der Waals surface area contributed by atoms with E-state index in [9.17, 15) is 19.2 Å². The smallest absolute Gasteiger partial charge is 0.326 e. The molecule has 0 saturated heterocycles. The Labute approximate surface area is 279 Å². The topological polar surface area (TPSA) is 131 Å². The van der Waals surface area contributed by atoms with Gasteiger partial charge in [0.05, 0.1) is 11.7 Å². The monoisotopic (exact) mass is 652 g/mol. The van der Waals surface area contributed by atoms with Gasteiger partial charge in [0, 0.05) is 33.9 Å². The number of halogens is 1. The molecule has 242 valence electrons. The number of amides is 3. The number of esters is 1. The Bertz CT molecular complexity index is 1790. The van der Waals surface area contributed by atoms with Crippen LogP contribution in [-0.4, -0.2) is 42.8 Å². The number of nitrogens with two attached hydrogens (primary N) is 1. The average molecular weight is 653 g/mol. The summed E-state index contributed by atoms with van der Waals surface area (Å²) in [6.45, 7) is 3.74. The first-order valence-electron chi connectivity index (χ1n) is 15.5. The maximum absolute atomic E-state index is 14.0. The molecule has 0 aromatic heterocycles. The van der Waals surface area contributed by atoms with Gasteiger partial charge in [0.2, 0.25) is 5.91 Å². The second-order valence-corrected chi connectivity index (χ2v) is 12.0. The third-order valence-corrected chi connectivity index (χ3v) is 8.38. The number of nitrogens with one attached hydrogen (secondary N) is 2. The van der Waals surface area contributed by atoms with E-state index in [1.54, 1.807) is 47.4 Å². The van der Waals surface area contributed by atoms with Crippen LogP contribution in [0.3, 0.4) is 0 Å². The molecule has 0 radical (unpaired) electrons. The van der Waals surface area contributed by atoms with Gasteiger partial charge < -0.3 is 26.0 Å². The molecular weight excluding hydrogens is 616 g/mol. The zero-order chi connectivity index (χ0) is 33.5. The first-order chi connectivity index (χ1) is 22.6. The highest BCUT2D eigenvalue weighted by atomic mass is 35.5. The summed E-state index contributed by atoms with van der Waals surface area (Å²) in [6, 6.07) is 26.2. The van der Waals surface area contributed by atoms with Crippen LogP contribution >= 0.6 is 11.6 Å². The van der Waals surface area contributed by atoms with Crippen molar-refractivity contribution < 1.29 is 23.9 Å². The van der Waals surface area contributed by atoms with E-state index in [1.807, 2.05) is 62.4 Å². The number of hydrogen-bond donors (Lipinski definition) is 3. The standard InChI is InChI=1S/C37H37ClN4O5/c1-23-9-6-7-12-28(23)35(44)41-27-15-16-29(24(2)19-27)37(46)42-18-8-13-33(30-21-26(38)14-17-32(30)42)47-34(43)22-40-36(45)31(39)20-25-10-4-3-5-11-25/h3-7,9-12,14-17,19,21,31,33H,8,13,18,20,22,39H2,1-2H3,(H,40,45)(H,41,44)/t31-,33?/m0/s1. The molecule has 10 heteroatoms. The third kappa shape index (κ3) is 8.24. The molecule has 4 aromatic rings. The predicted molar refractivity (Wildman–Crippen MR) is 183 cm³/mol. The van der Waals surface area contributed by atoms with E-state index < -0.39 is 24.0 Å². The van der Waals surface area contributed by atoms with Crippen molar-refractivity contribution in [1.82, 2.24) is 5.32 Å². The molecule has 4 N–H and O–H groups in total. The third-order valence-electron chi connectivity index (χ3n) is 8.14. The van der Waals surface area contributed by atoms with E-state index in [0.29, 0.717) is 64.5 Å². The lowest BCUT2D eigenvalue weighted by Crippen LogP contribution is -2.44. The molecule has 1 heterocycles. The number of rotatable bonds is 9. The van der Waals surface area contributed by atoms with Crippen LogP contribution in [0.25, 0.3) is 0 Å². The Hall–Kier alpha value is -4.99. The van der Waals surface area contributed by atoms with Crippen LogP contribution in [0, 0.1) is 13.8 Å². The Morgan fingerprint density at radius 1 is 0.915 bits per heavy atom. The SMILES string of the molecule is Cc1ccccc1C(=O)Nc1ccc(C(=O)N2CCCC(OC(=O)CNC(=O)[C@@H](N)Cc3ccccc3)c3cc(Cl)ccc32)c(C)c1. The van der Waals surface area contributed by atoms with Crippen LogP contribution in [0.2, 0.25) is 5.02 Å². The molecule has 0 spiro atoms. The van der Waals surface area contributed by atoms with Crippen molar-refractivity contribution in [3.8, 4) is 0 Å². The Morgan fingerprint density at radius 2 is 1.66 bits per heavy atom. The van der Waals surface area contributed by atoms with E-state index in [0.717, 1.165) is 11.1 Å². The Balaban J connectivity index is 1.26. The Kier molecular flexibility index (Phi) is 10.7. The van der Waals surface area contributed by atoms with Gasteiger partial charge in [-0.05, 0) is 92.3 Å². The van der Waals surface area contributed by atoms with E-state index in [1.165, 1.54) is 0 Å². The highest BCUT2D eigenvalue weighted by Crippen LogP contribution is 2.38. The summed E-state index contributed by atoms with van der Waals surface area (Å²) < 4.78 is 5.82. The number of aryl methyl sites for hydroxylation is 2. The first kappa shape index (κ1) is 33.4. The van der Waals surface area contributed by atoms with E-state index in [4.69, 9.17) is 22.1 Å². The second-order valence-electron chi connectivity index (χ2n) is 11.6. The molecule has 3 amide bonds. The molecule has 4 aromatic carbocycles. The highest BCUT2D eigenvalue weighted by molar-refractivity contribution is 6.30. The minimum Gasteiger partial charge on any atom is -0.456 e. The number of carbonyl (C=O) groups excluding carboxylic acids is 4. The number of fused-ring (bicyclic) bond motifs is 1. The number of anilines is 2. The molecule has 1 aliphatic rings. The molecule has 5 rings (SSSR count). The van der Waals surface area contributed by atoms with Crippen molar-refractivity contribution >= 4 is 46.7 Å². The fourth-order valence-electron chi connectivity index (χ4n) is 5.68. The highest BCUT2D eigenvalue weighted by Gasteiger charge is 2.30. The minimum atomic E-state index is -0.816. The lowest BCUT2D eigenvalue weighted by molar-refractivity contribution is -0.149. The number of carbonyl (C=O) groups is 4. The zero-order valence-corrected chi connectivity index (χ0v) is 27.1. The van der Waals surface area contributed by atoms with Gasteiger partial charge in [-0.15, -0.1) is 0 Å². The number of hydrogen-bond acceptors (Lipinski definition) is 6. The van der Waals surface area contributed by atoms with Crippen LogP contribution in [0.15, 0.2) is 91.0 Å². The van der Waals surface area contributed by atoms with Gasteiger partial charge >= 0.3 is 5.97 Å². The quantitative estimate of drug-likeness (QED) is 0.193. The predicted octanol–water partition coefficient (Wildman–Crippen LogP) is 5.92. The molecular formula is C37H37ClN4O5. The molecule has 2 atom stereocenters. The summed E-state index contributed by atoms with van der Waals surface area (Å²) in [5, 5.41) is 5.92. The number of ether oxygens (including phenoxy) is 1. The van der Waals surface area contributed by atoms with E-state index in [2.05, 4.69) is 10.6 Å². The minimum absolute atomic E-state index is 0.227. The van der Waals surface area contributed by atoms with Crippen LogP contribution in [0.4, 0.5) is 11.4 Å². The van der Waals surface area contributed by atoms with Gasteiger partial charge in [0.15, 0.2) is 0 Å². The molecule has 0 bridgehead atoms. The van der Waals surface area contributed by atoms with Gasteiger partial charge in [-0.2, -0.15) is 0 Å². The summed E-state index contributed by atoms with van der Waals surface area (Å²) in [7, 11) is 0. The van der Waals surface area contributed by atoms with Crippen LogP contribution in [-0.2, 0) is 20.7 Å². The summed E-state index contributed by atoms with van der Waals surface area (Å²) in [5.74, 6) is -1.53. The summed E-state index contributed by atoms with van der Waals surface area (Å²) in [4.78, 5) is 53.9. The molecule has 47 heavy (non-hydrogen) atoms. The second kappa shape index (κ2) is 15.1. The normalized spacial score (nSPS) is 14.7. The Morgan fingerprint density at radius 3 is 2.40 bits per heavy atom. The fourth-order valence-corrected chi connectivity index (χ4v) is 5.86. The lowest BCUT2D eigenvalue weighted by Gasteiger charge is -2.25. The molecule has 0 fully saturated rings. The lowest BCUT2D eigenvalue weighted by atomic mass is 10.0. The molecule has 0 aliphatic carbocycles. The number of benzene rings is 4. The van der Waals surface area contributed by atoms with Crippen molar-refractivity contribution in [3.63, 3.8) is 0 Å². The van der Waals surface area contributed by atoms with Gasteiger partial charge in [-0.3, -0.25) is 19.2 Å². The summed E-state index contributed by atoms with van der Waals surface area (Å²) in [5.41, 5.74) is 11.3. The molecule has 1 unspecified atom stereocenters. The maximum atomic E-state index is 14.0. The van der Waals surface area contributed by atoms with Gasteiger partial charge in [0.1, 0.15) is 12.6 Å². The molecule has 1 aliphatic heterocycles. The van der Waals surface area contributed by atoms with Crippen LogP contribution < -0.4 is 21.3 Å². The van der Waals surface area contributed by atoms with Crippen molar-refractivity contribution in [2.45, 2.75) is 45.3 Å². The van der Waals surface area contributed by atoms with E-state index in [-0.39, 0.29) is 18.4 Å². The fraction of sp³-hybridized carbons (Fsp3) is 0.243. The van der Waals surface area contributed by atoms with Gasteiger partial charge in [-0.25, -0.2) is 0 Å². The summed E-state index contributed by atoms with van der Waals surface area (Å²) >= 11 is 6.37. The van der Waals surface area contributed by atoms with E-state index >= 15 is 0 Å².